The van der Waals surface area contributed by atoms with Gasteiger partial charge in [-0.2, -0.15) is 0 Å². The Labute approximate surface area is 92.1 Å². The molecule has 3 heteroatoms. The summed E-state index contributed by atoms with van der Waals surface area (Å²) in [6, 6.07) is 0. The van der Waals surface area contributed by atoms with Crippen LogP contribution in [0.2, 0.25) is 0 Å². The molecule has 1 unspecified atom stereocenters. The molecule has 1 saturated heterocycles. The van der Waals surface area contributed by atoms with Gasteiger partial charge in [0.15, 0.2) is 6.29 Å². The van der Waals surface area contributed by atoms with Crippen LogP contribution in [0.1, 0.15) is 38.5 Å². The maximum atomic E-state index is 8.51. The lowest BCUT2D eigenvalue weighted by atomic mass is 10.2. The van der Waals surface area contributed by atoms with E-state index in [9.17, 15) is 0 Å². The van der Waals surface area contributed by atoms with Gasteiger partial charge in [0.05, 0.1) is 6.61 Å². The number of unbranched alkanes of at least 4 members (excludes halogenated alkanes) is 2. The first-order valence-electron chi connectivity index (χ1n) is 5.92. The predicted molar refractivity (Wildman–Crippen MR) is 59.6 cm³/mol. The first-order valence-corrected chi connectivity index (χ1v) is 5.92. The van der Waals surface area contributed by atoms with E-state index in [1.54, 1.807) is 6.08 Å². The van der Waals surface area contributed by atoms with Crippen LogP contribution in [-0.2, 0) is 9.47 Å². The summed E-state index contributed by atoms with van der Waals surface area (Å²) < 4.78 is 11.0. The van der Waals surface area contributed by atoms with Gasteiger partial charge in [0, 0.05) is 13.2 Å². The molecule has 15 heavy (non-hydrogen) atoms. The molecule has 88 valence electrons. The third kappa shape index (κ3) is 6.66. The van der Waals surface area contributed by atoms with Gasteiger partial charge in [0.25, 0.3) is 0 Å². The summed E-state index contributed by atoms with van der Waals surface area (Å²) in [5.41, 5.74) is 0. The summed E-state index contributed by atoms with van der Waals surface area (Å²) in [5.74, 6) is 0. The van der Waals surface area contributed by atoms with Crippen molar-refractivity contribution in [1.82, 2.24) is 0 Å². The molecule has 1 aliphatic rings. The number of allylic oxidation sites excluding steroid dienone is 1. The lowest BCUT2D eigenvalue weighted by molar-refractivity contribution is -0.162. The average Bonchev–Trinajstić information content (AvgIpc) is 2.29. The summed E-state index contributed by atoms with van der Waals surface area (Å²) in [6.07, 6.45) is 10.5. The van der Waals surface area contributed by atoms with Crippen molar-refractivity contribution >= 4 is 0 Å². The monoisotopic (exact) mass is 214 g/mol. The number of ether oxygens (including phenoxy) is 2. The van der Waals surface area contributed by atoms with Crippen LogP contribution in [-0.4, -0.2) is 31.2 Å². The highest BCUT2D eigenvalue weighted by Gasteiger charge is 2.12. The van der Waals surface area contributed by atoms with Crippen LogP contribution in [0.4, 0.5) is 0 Å². The quantitative estimate of drug-likeness (QED) is 0.522. The van der Waals surface area contributed by atoms with Crippen LogP contribution in [0.15, 0.2) is 12.2 Å². The van der Waals surface area contributed by atoms with Crippen molar-refractivity contribution in [1.29, 1.82) is 0 Å². The van der Waals surface area contributed by atoms with Gasteiger partial charge in [-0.1, -0.05) is 12.2 Å². The van der Waals surface area contributed by atoms with Gasteiger partial charge in [0.1, 0.15) is 0 Å². The van der Waals surface area contributed by atoms with Gasteiger partial charge < -0.3 is 14.6 Å². The van der Waals surface area contributed by atoms with E-state index in [1.807, 2.05) is 6.08 Å². The van der Waals surface area contributed by atoms with Crippen molar-refractivity contribution in [3.8, 4) is 0 Å². The molecule has 0 radical (unpaired) electrons. The van der Waals surface area contributed by atoms with Crippen LogP contribution < -0.4 is 0 Å². The molecule has 1 N–H and O–H groups in total. The Balaban J connectivity index is 1.85. The van der Waals surface area contributed by atoms with E-state index in [-0.39, 0.29) is 12.9 Å². The Morgan fingerprint density at radius 3 is 2.93 bits per heavy atom. The Hall–Kier alpha value is -0.380. The van der Waals surface area contributed by atoms with E-state index >= 15 is 0 Å². The largest absolute Gasteiger partial charge is 0.392 e. The molecule has 0 aromatic rings. The SMILES string of the molecule is OC/C=C\CCCCOC1CCCCO1. The zero-order chi connectivity index (χ0) is 10.8. The fourth-order valence-electron chi connectivity index (χ4n) is 1.61. The van der Waals surface area contributed by atoms with E-state index in [4.69, 9.17) is 14.6 Å². The number of aliphatic hydroxyl groups excluding tert-OH is 1. The van der Waals surface area contributed by atoms with Gasteiger partial charge in [-0.15, -0.1) is 0 Å². The van der Waals surface area contributed by atoms with E-state index in [1.165, 1.54) is 12.8 Å². The highest BCUT2D eigenvalue weighted by atomic mass is 16.7. The molecule has 0 aromatic heterocycles. The highest BCUT2D eigenvalue weighted by molar-refractivity contribution is 4.80. The molecule has 0 bridgehead atoms. The first-order chi connectivity index (χ1) is 7.43. The normalized spacial score (nSPS) is 22.3. The van der Waals surface area contributed by atoms with Gasteiger partial charge in [-0.05, 0) is 38.5 Å². The molecule has 1 atom stereocenters. The molecule has 3 nitrogen and oxygen atoms in total. The van der Waals surface area contributed by atoms with Crippen molar-refractivity contribution in [2.75, 3.05) is 19.8 Å². The Morgan fingerprint density at radius 1 is 1.27 bits per heavy atom. The second-order valence-electron chi connectivity index (χ2n) is 3.82. The summed E-state index contributed by atoms with van der Waals surface area (Å²) in [5, 5.41) is 8.51. The fourth-order valence-corrected chi connectivity index (χ4v) is 1.61. The number of aliphatic hydroxyl groups is 1. The van der Waals surface area contributed by atoms with Crippen LogP contribution in [0.25, 0.3) is 0 Å². The molecule has 0 amide bonds. The van der Waals surface area contributed by atoms with E-state index in [0.717, 1.165) is 38.9 Å². The minimum atomic E-state index is 0.0479. The molecule has 0 aliphatic carbocycles. The second-order valence-corrected chi connectivity index (χ2v) is 3.82. The van der Waals surface area contributed by atoms with Gasteiger partial charge in [0.2, 0.25) is 0 Å². The molecule has 1 aliphatic heterocycles. The summed E-state index contributed by atoms with van der Waals surface area (Å²) >= 11 is 0. The van der Waals surface area contributed by atoms with Crippen LogP contribution in [0.3, 0.4) is 0 Å². The maximum Gasteiger partial charge on any atom is 0.157 e. The summed E-state index contributed by atoms with van der Waals surface area (Å²) in [6.45, 7) is 1.79. The van der Waals surface area contributed by atoms with Gasteiger partial charge in [-0.3, -0.25) is 0 Å². The van der Waals surface area contributed by atoms with Crippen molar-refractivity contribution in [3.63, 3.8) is 0 Å². The Morgan fingerprint density at radius 2 is 2.20 bits per heavy atom. The lowest BCUT2D eigenvalue weighted by Crippen LogP contribution is -2.22. The van der Waals surface area contributed by atoms with E-state index in [2.05, 4.69) is 0 Å². The molecule has 1 heterocycles. The minimum absolute atomic E-state index is 0.0479. The smallest absolute Gasteiger partial charge is 0.157 e. The van der Waals surface area contributed by atoms with E-state index in [0.29, 0.717) is 0 Å². The molecule has 0 aromatic carbocycles. The standard InChI is InChI=1S/C12H22O3/c13-9-5-2-1-3-6-10-14-12-8-4-7-11-15-12/h2,5,12-13H,1,3-4,6-11H2/b5-2-. The Bertz CT molecular complexity index is 162. The van der Waals surface area contributed by atoms with Gasteiger partial charge >= 0.3 is 0 Å². The van der Waals surface area contributed by atoms with Crippen LogP contribution in [0, 0.1) is 0 Å². The molecule has 0 spiro atoms. The summed E-state index contributed by atoms with van der Waals surface area (Å²) in [7, 11) is 0. The third-order valence-electron chi connectivity index (χ3n) is 2.48. The zero-order valence-corrected chi connectivity index (χ0v) is 9.36. The predicted octanol–water partition coefficient (Wildman–Crippen LogP) is 2.25. The molecule has 0 saturated carbocycles. The van der Waals surface area contributed by atoms with Crippen molar-refractivity contribution in [2.45, 2.75) is 44.8 Å². The Kier molecular flexibility index (Phi) is 7.52. The number of rotatable bonds is 7. The minimum Gasteiger partial charge on any atom is -0.392 e. The highest BCUT2D eigenvalue weighted by Crippen LogP contribution is 2.14. The second kappa shape index (κ2) is 8.89. The van der Waals surface area contributed by atoms with E-state index < -0.39 is 0 Å². The van der Waals surface area contributed by atoms with Crippen LogP contribution in [0.5, 0.6) is 0 Å². The molecular weight excluding hydrogens is 192 g/mol. The van der Waals surface area contributed by atoms with Crippen molar-refractivity contribution in [3.05, 3.63) is 12.2 Å². The number of hydrogen-bond acceptors (Lipinski definition) is 3. The molecule has 1 rings (SSSR count). The fraction of sp³-hybridized carbons (Fsp3) is 0.833. The third-order valence-corrected chi connectivity index (χ3v) is 2.48. The van der Waals surface area contributed by atoms with Crippen LogP contribution >= 0.6 is 0 Å². The summed E-state index contributed by atoms with van der Waals surface area (Å²) in [4.78, 5) is 0. The topological polar surface area (TPSA) is 38.7 Å². The van der Waals surface area contributed by atoms with Crippen molar-refractivity contribution in [2.24, 2.45) is 0 Å². The average molecular weight is 214 g/mol. The molecular formula is C12H22O3. The van der Waals surface area contributed by atoms with Crippen molar-refractivity contribution < 1.29 is 14.6 Å². The molecule has 1 fully saturated rings. The lowest BCUT2D eigenvalue weighted by Gasteiger charge is -2.22. The number of hydrogen-bond donors (Lipinski definition) is 1. The van der Waals surface area contributed by atoms with Gasteiger partial charge in [-0.25, -0.2) is 0 Å². The maximum absolute atomic E-state index is 8.51. The first kappa shape index (κ1) is 12.7. The zero-order valence-electron chi connectivity index (χ0n) is 9.36.